The smallest absolute Gasteiger partial charge is 0.269 e. The van der Waals surface area contributed by atoms with Gasteiger partial charge >= 0.3 is 0 Å². The number of nitrogens with zero attached hydrogens (tertiary/aromatic N) is 1. The molecule has 1 aromatic heterocycles. The monoisotopic (exact) mass is 375 g/mol. The lowest BCUT2D eigenvalue weighted by Gasteiger charge is -2.15. The number of hydrogen-bond donors (Lipinski definition) is 2. The maximum Gasteiger partial charge on any atom is 0.269 e. The van der Waals surface area contributed by atoms with Crippen molar-refractivity contribution in [2.45, 2.75) is 26.4 Å². The van der Waals surface area contributed by atoms with Crippen LogP contribution in [0, 0.1) is 0 Å². The number of amides is 1. The third kappa shape index (κ3) is 5.58. The molecule has 28 heavy (non-hydrogen) atoms. The Labute approximate surface area is 165 Å². The Morgan fingerprint density at radius 2 is 1.75 bits per heavy atom. The van der Waals surface area contributed by atoms with E-state index in [1.165, 1.54) is 5.56 Å². The zero-order valence-corrected chi connectivity index (χ0v) is 16.2. The second-order valence-corrected chi connectivity index (χ2v) is 6.71. The number of pyridine rings is 1. The van der Waals surface area contributed by atoms with Gasteiger partial charge in [0.05, 0.1) is 23.7 Å². The van der Waals surface area contributed by atoms with Crippen LogP contribution in [0.2, 0.25) is 0 Å². The maximum atomic E-state index is 12.3. The molecule has 0 unspecified atom stereocenters. The van der Waals surface area contributed by atoms with E-state index in [9.17, 15) is 4.79 Å². The van der Waals surface area contributed by atoms with Crippen molar-refractivity contribution in [1.82, 2.24) is 10.3 Å². The molecule has 1 amide bonds. The molecule has 0 bridgehead atoms. The van der Waals surface area contributed by atoms with Crippen LogP contribution < -0.4 is 15.4 Å². The van der Waals surface area contributed by atoms with Crippen molar-refractivity contribution < 1.29 is 9.53 Å². The molecule has 0 spiro atoms. The van der Waals surface area contributed by atoms with Crippen molar-refractivity contribution in [1.29, 1.82) is 0 Å². The number of carbonyl (C=O) groups is 1. The Hall–Kier alpha value is -3.34. The average Bonchev–Trinajstić information content (AvgIpc) is 2.70. The lowest BCUT2D eigenvalue weighted by molar-refractivity contribution is 0.0949. The van der Waals surface area contributed by atoms with Crippen LogP contribution in [0.3, 0.4) is 0 Å². The van der Waals surface area contributed by atoms with Crippen LogP contribution in [-0.2, 0) is 6.42 Å². The highest BCUT2D eigenvalue weighted by molar-refractivity contribution is 5.92. The summed E-state index contributed by atoms with van der Waals surface area (Å²) in [5.41, 5.74) is 3.24. The van der Waals surface area contributed by atoms with Gasteiger partial charge < -0.3 is 15.4 Å². The zero-order chi connectivity index (χ0) is 19.8. The number of rotatable bonds is 8. The molecule has 3 rings (SSSR count). The third-order valence-electron chi connectivity index (χ3n) is 4.07. The van der Waals surface area contributed by atoms with E-state index in [4.69, 9.17) is 4.74 Å². The van der Waals surface area contributed by atoms with Gasteiger partial charge in [-0.2, -0.15) is 0 Å². The lowest BCUT2D eigenvalue weighted by atomic mass is 10.1. The third-order valence-corrected chi connectivity index (χ3v) is 4.07. The first-order valence-electron chi connectivity index (χ1n) is 9.42. The van der Waals surface area contributed by atoms with E-state index in [0.29, 0.717) is 12.2 Å². The normalized spacial score (nSPS) is 10.5. The summed E-state index contributed by atoms with van der Waals surface area (Å²) in [5, 5.41) is 6.19. The number of benzene rings is 2. The lowest BCUT2D eigenvalue weighted by Crippen LogP contribution is -2.26. The minimum absolute atomic E-state index is 0.0861. The van der Waals surface area contributed by atoms with Gasteiger partial charge in [-0.25, -0.2) is 4.98 Å². The summed E-state index contributed by atoms with van der Waals surface area (Å²) in [4.78, 5) is 16.5. The first kappa shape index (κ1) is 19.4. The maximum absolute atomic E-state index is 12.3. The van der Waals surface area contributed by atoms with Gasteiger partial charge in [0, 0.05) is 6.54 Å². The summed E-state index contributed by atoms with van der Waals surface area (Å²) in [6.07, 6.45) is 2.53. The van der Waals surface area contributed by atoms with Crippen LogP contribution >= 0.6 is 0 Å². The van der Waals surface area contributed by atoms with Crippen LogP contribution in [0.4, 0.5) is 11.4 Å². The number of anilines is 2. The molecule has 5 heteroatoms. The van der Waals surface area contributed by atoms with E-state index in [0.717, 1.165) is 23.5 Å². The molecule has 0 aliphatic rings. The van der Waals surface area contributed by atoms with Gasteiger partial charge in [-0.3, -0.25) is 4.79 Å². The molecule has 0 atom stereocenters. The van der Waals surface area contributed by atoms with Crippen molar-refractivity contribution in [3.8, 4) is 5.75 Å². The van der Waals surface area contributed by atoms with E-state index in [2.05, 4.69) is 15.6 Å². The summed E-state index contributed by atoms with van der Waals surface area (Å²) in [7, 11) is 0. The molecule has 0 saturated heterocycles. The topological polar surface area (TPSA) is 63.2 Å². The van der Waals surface area contributed by atoms with E-state index >= 15 is 0 Å². The fourth-order valence-corrected chi connectivity index (χ4v) is 2.74. The second-order valence-electron chi connectivity index (χ2n) is 6.71. The first-order chi connectivity index (χ1) is 13.6. The van der Waals surface area contributed by atoms with Gasteiger partial charge in [-0.05, 0) is 50.1 Å². The molecule has 0 aliphatic heterocycles. The summed E-state index contributed by atoms with van der Waals surface area (Å²) in [6.45, 7) is 4.55. The molecule has 0 fully saturated rings. The Balaban J connectivity index is 1.57. The summed E-state index contributed by atoms with van der Waals surface area (Å²) < 4.78 is 5.81. The minimum atomic E-state index is -0.175. The quantitative estimate of drug-likeness (QED) is 0.605. The standard InChI is InChI=1S/C23H25N3O2/c1-17(2)28-22-11-7-6-10-20(22)26-19-12-13-21(25-16-19)23(27)24-15-14-18-8-4-3-5-9-18/h3-13,16-17,26H,14-15H2,1-2H3,(H,24,27). The van der Waals surface area contributed by atoms with E-state index in [1.807, 2.05) is 74.5 Å². The van der Waals surface area contributed by atoms with Gasteiger partial charge in [0.1, 0.15) is 11.4 Å². The number of hydrogen-bond acceptors (Lipinski definition) is 4. The highest BCUT2D eigenvalue weighted by Gasteiger charge is 2.08. The highest BCUT2D eigenvalue weighted by Crippen LogP contribution is 2.28. The Morgan fingerprint density at radius 1 is 1.00 bits per heavy atom. The van der Waals surface area contributed by atoms with E-state index in [-0.39, 0.29) is 12.0 Å². The van der Waals surface area contributed by atoms with Crippen LogP contribution in [0.15, 0.2) is 72.9 Å². The summed E-state index contributed by atoms with van der Waals surface area (Å²) >= 11 is 0. The van der Waals surface area contributed by atoms with Crippen molar-refractivity contribution in [2.24, 2.45) is 0 Å². The van der Waals surface area contributed by atoms with Gasteiger partial charge in [0.15, 0.2) is 0 Å². The van der Waals surface area contributed by atoms with E-state index < -0.39 is 0 Å². The van der Waals surface area contributed by atoms with Gasteiger partial charge in [0.25, 0.3) is 5.91 Å². The van der Waals surface area contributed by atoms with Crippen LogP contribution in [0.5, 0.6) is 5.75 Å². The molecule has 5 nitrogen and oxygen atoms in total. The number of aromatic nitrogens is 1. The van der Waals surface area contributed by atoms with E-state index in [1.54, 1.807) is 12.3 Å². The molecule has 2 N–H and O–H groups in total. The average molecular weight is 375 g/mol. The van der Waals surface area contributed by atoms with Crippen molar-refractivity contribution in [3.63, 3.8) is 0 Å². The fourth-order valence-electron chi connectivity index (χ4n) is 2.74. The Bertz CT molecular complexity index is 893. The highest BCUT2D eigenvalue weighted by atomic mass is 16.5. The van der Waals surface area contributed by atoms with Crippen molar-refractivity contribution in [3.05, 3.63) is 84.2 Å². The fraction of sp³-hybridized carbons (Fsp3) is 0.217. The molecule has 2 aromatic carbocycles. The van der Waals surface area contributed by atoms with Crippen LogP contribution in [0.1, 0.15) is 29.9 Å². The molecule has 144 valence electrons. The number of carbonyl (C=O) groups excluding carboxylic acids is 1. The molecule has 0 radical (unpaired) electrons. The van der Waals surface area contributed by atoms with Gasteiger partial charge in [-0.15, -0.1) is 0 Å². The van der Waals surface area contributed by atoms with Crippen molar-refractivity contribution >= 4 is 17.3 Å². The van der Waals surface area contributed by atoms with Crippen LogP contribution in [-0.4, -0.2) is 23.5 Å². The first-order valence-corrected chi connectivity index (χ1v) is 9.42. The molecule has 1 heterocycles. The van der Waals surface area contributed by atoms with Gasteiger partial charge in [-0.1, -0.05) is 42.5 Å². The minimum Gasteiger partial charge on any atom is -0.489 e. The molecule has 3 aromatic rings. The predicted octanol–water partition coefficient (Wildman–Crippen LogP) is 4.58. The van der Waals surface area contributed by atoms with Crippen LogP contribution in [0.25, 0.3) is 0 Å². The predicted molar refractivity (Wildman–Crippen MR) is 112 cm³/mol. The molecule has 0 aliphatic carbocycles. The number of nitrogens with one attached hydrogen (secondary N) is 2. The molecular weight excluding hydrogens is 350 g/mol. The number of para-hydroxylation sites is 2. The number of ether oxygens (including phenoxy) is 1. The zero-order valence-electron chi connectivity index (χ0n) is 16.2. The Kier molecular flexibility index (Phi) is 6.63. The SMILES string of the molecule is CC(C)Oc1ccccc1Nc1ccc(C(=O)NCCc2ccccc2)nc1. The molecule has 0 saturated carbocycles. The van der Waals surface area contributed by atoms with Crippen molar-refractivity contribution in [2.75, 3.05) is 11.9 Å². The Morgan fingerprint density at radius 3 is 2.46 bits per heavy atom. The summed E-state index contributed by atoms with van der Waals surface area (Å²) in [5.74, 6) is 0.603. The summed E-state index contributed by atoms with van der Waals surface area (Å²) in [6, 6.07) is 21.4. The molecular formula is C23H25N3O2. The second kappa shape index (κ2) is 9.55. The van der Waals surface area contributed by atoms with Gasteiger partial charge in [0.2, 0.25) is 0 Å². The largest absolute Gasteiger partial charge is 0.489 e.